The fraction of sp³-hybridized carbons (Fsp3) is 0.611. The van der Waals surface area contributed by atoms with Crippen molar-refractivity contribution in [3.05, 3.63) is 23.3 Å². The molecule has 0 amide bonds. The summed E-state index contributed by atoms with van der Waals surface area (Å²) in [5.74, 6) is 7.14. The summed E-state index contributed by atoms with van der Waals surface area (Å²) in [6, 6.07) is 0.771. The Hall–Kier alpha value is -1.53. The van der Waals surface area contributed by atoms with Gasteiger partial charge in [-0.25, -0.2) is 4.79 Å². The molecule has 3 heterocycles. The molecule has 2 aliphatic carbocycles. The van der Waals surface area contributed by atoms with Crippen molar-refractivity contribution in [2.24, 2.45) is 5.92 Å². The molecule has 5 rings (SSSR count). The Morgan fingerprint density at radius 1 is 1.29 bits per heavy atom. The highest BCUT2D eigenvalue weighted by Gasteiger charge is 2.61. The van der Waals surface area contributed by atoms with E-state index in [1.807, 2.05) is 0 Å². The van der Waals surface area contributed by atoms with Crippen LogP contribution in [-0.2, 0) is 9.53 Å². The molecule has 3 heteroatoms. The fourth-order valence-corrected chi connectivity index (χ4v) is 4.58. The smallest absolute Gasteiger partial charge is 0.332 e. The Kier molecular flexibility index (Phi) is 2.31. The summed E-state index contributed by atoms with van der Waals surface area (Å²) >= 11 is 0. The molecule has 2 bridgehead atoms. The Labute approximate surface area is 125 Å². The van der Waals surface area contributed by atoms with Crippen molar-refractivity contribution in [1.29, 1.82) is 0 Å². The molecular formula is C18H19NO2. The number of ether oxygens (including phenoxy) is 1. The zero-order valence-corrected chi connectivity index (χ0v) is 12.1. The van der Waals surface area contributed by atoms with E-state index >= 15 is 0 Å². The van der Waals surface area contributed by atoms with Gasteiger partial charge < -0.3 is 4.74 Å². The van der Waals surface area contributed by atoms with Crippen LogP contribution >= 0.6 is 0 Å². The van der Waals surface area contributed by atoms with E-state index in [2.05, 4.69) is 22.8 Å². The van der Waals surface area contributed by atoms with Crippen LogP contribution in [-0.4, -0.2) is 35.1 Å². The van der Waals surface area contributed by atoms with E-state index in [0.717, 1.165) is 30.5 Å². The van der Waals surface area contributed by atoms with Crippen LogP contribution in [0.5, 0.6) is 0 Å². The molecule has 1 unspecified atom stereocenters. The van der Waals surface area contributed by atoms with Crippen LogP contribution in [0.1, 0.15) is 38.5 Å². The van der Waals surface area contributed by atoms with Crippen molar-refractivity contribution in [2.75, 3.05) is 6.54 Å². The molecule has 3 nitrogen and oxygen atoms in total. The minimum absolute atomic E-state index is 0.169. The molecule has 2 saturated heterocycles. The molecule has 3 atom stereocenters. The minimum Gasteiger partial charge on any atom is -0.449 e. The summed E-state index contributed by atoms with van der Waals surface area (Å²) in [4.78, 5) is 14.5. The van der Waals surface area contributed by atoms with Gasteiger partial charge in [0, 0.05) is 35.6 Å². The first-order valence-electron chi connectivity index (χ1n) is 8.21. The maximum atomic E-state index is 12.0. The number of piperidine rings is 1. The van der Waals surface area contributed by atoms with E-state index in [0.29, 0.717) is 18.0 Å². The Bertz CT molecular complexity index is 646. The number of carbonyl (C=O) groups is 1. The maximum Gasteiger partial charge on any atom is 0.332 e. The van der Waals surface area contributed by atoms with E-state index in [-0.39, 0.29) is 11.6 Å². The number of esters is 1. The van der Waals surface area contributed by atoms with Crippen LogP contribution in [0.15, 0.2) is 23.3 Å². The predicted octanol–water partition coefficient (Wildman–Crippen LogP) is 2.19. The molecule has 0 aromatic heterocycles. The maximum absolute atomic E-state index is 12.0. The van der Waals surface area contributed by atoms with Gasteiger partial charge in [0.2, 0.25) is 0 Å². The lowest BCUT2D eigenvalue weighted by Gasteiger charge is -2.38. The lowest BCUT2D eigenvalue weighted by molar-refractivity contribution is -0.148. The molecule has 3 fully saturated rings. The first kappa shape index (κ1) is 12.1. The van der Waals surface area contributed by atoms with Gasteiger partial charge in [-0.15, -0.1) is 0 Å². The lowest BCUT2D eigenvalue weighted by atomic mass is 9.77. The highest BCUT2D eigenvalue weighted by atomic mass is 16.6. The second-order valence-corrected chi connectivity index (χ2v) is 7.01. The molecule has 21 heavy (non-hydrogen) atoms. The van der Waals surface area contributed by atoms with Crippen LogP contribution in [0.3, 0.4) is 0 Å². The van der Waals surface area contributed by atoms with E-state index < -0.39 is 0 Å². The van der Waals surface area contributed by atoms with Crippen LogP contribution in [0.2, 0.25) is 0 Å². The topological polar surface area (TPSA) is 29.5 Å². The third kappa shape index (κ3) is 1.63. The third-order valence-corrected chi connectivity index (χ3v) is 5.66. The highest BCUT2D eigenvalue weighted by molar-refractivity contribution is 5.90. The van der Waals surface area contributed by atoms with Gasteiger partial charge in [-0.3, -0.25) is 4.90 Å². The Morgan fingerprint density at radius 2 is 2.19 bits per heavy atom. The average Bonchev–Trinajstić information content (AvgIpc) is 3.20. The summed E-state index contributed by atoms with van der Waals surface area (Å²) in [5.41, 5.74) is 1.76. The molecule has 0 aromatic carbocycles. The monoisotopic (exact) mass is 281 g/mol. The van der Waals surface area contributed by atoms with Crippen LogP contribution in [0.25, 0.3) is 0 Å². The van der Waals surface area contributed by atoms with Gasteiger partial charge in [-0.05, 0) is 32.2 Å². The molecule has 0 radical (unpaired) electrons. The van der Waals surface area contributed by atoms with Gasteiger partial charge in [0.15, 0.2) is 5.60 Å². The van der Waals surface area contributed by atoms with Crippen LogP contribution in [0, 0.1) is 17.8 Å². The SMILES string of the molecule is O=C1C=C2C(C#CC3CC3)=C[C@@H]3CC2(O1)[C@H]1CCCCN31. The van der Waals surface area contributed by atoms with Crippen molar-refractivity contribution in [2.45, 2.75) is 56.2 Å². The molecule has 1 saturated carbocycles. The van der Waals surface area contributed by atoms with E-state index in [4.69, 9.17) is 4.74 Å². The Morgan fingerprint density at radius 3 is 3.05 bits per heavy atom. The molecule has 108 valence electrons. The average molecular weight is 281 g/mol. The van der Waals surface area contributed by atoms with E-state index in [1.54, 1.807) is 6.08 Å². The third-order valence-electron chi connectivity index (χ3n) is 5.66. The number of rotatable bonds is 0. The van der Waals surface area contributed by atoms with Gasteiger partial charge in [0.1, 0.15) is 0 Å². The van der Waals surface area contributed by atoms with E-state index in [9.17, 15) is 4.79 Å². The molecule has 0 N–H and O–H groups in total. The fourth-order valence-electron chi connectivity index (χ4n) is 4.58. The van der Waals surface area contributed by atoms with Crippen molar-refractivity contribution in [1.82, 2.24) is 4.90 Å². The van der Waals surface area contributed by atoms with E-state index in [1.165, 1.54) is 25.7 Å². The molecule has 5 aliphatic rings. The summed E-state index contributed by atoms with van der Waals surface area (Å²) < 4.78 is 5.88. The molecule has 3 aliphatic heterocycles. The second-order valence-electron chi connectivity index (χ2n) is 7.01. The van der Waals surface area contributed by atoms with Crippen molar-refractivity contribution in [3.8, 4) is 11.8 Å². The highest BCUT2D eigenvalue weighted by Crippen LogP contribution is 2.53. The van der Waals surface area contributed by atoms with Crippen molar-refractivity contribution < 1.29 is 9.53 Å². The first-order chi connectivity index (χ1) is 10.3. The predicted molar refractivity (Wildman–Crippen MR) is 78.2 cm³/mol. The van der Waals surface area contributed by atoms with Gasteiger partial charge >= 0.3 is 5.97 Å². The standard InChI is InChI=1S/C18H19NO2/c20-17-10-15-13(7-6-12-4-5-12)9-14-11-18(15,21-17)16-3-1-2-8-19(14)16/h9-10,12,14,16H,1-5,8,11H2/t14-,16-,18?/m1/s1. The van der Waals surface area contributed by atoms with Crippen molar-refractivity contribution >= 4 is 5.97 Å². The van der Waals surface area contributed by atoms with Crippen LogP contribution in [0.4, 0.5) is 0 Å². The number of hydrogen-bond donors (Lipinski definition) is 0. The van der Waals surface area contributed by atoms with Gasteiger partial charge in [0.25, 0.3) is 0 Å². The lowest BCUT2D eigenvalue weighted by Crippen LogP contribution is -2.48. The summed E-state index contributed by atoms with van der Waals surface area (Å²) in [5, 5.41) is 0. The molecule has 1 spiro atoms. The number of carbonyl (C=O) groups excluding carboxylic acids is 1. The van der Waals surface area contributed by atoms with Crippen LogP contribution < -0.4 is 0 Å². The molecule has 0 aromatic rings. The number of fused-ring (bicyclic) bond motifs is 3. The number of nitrogens with zero attached hydrogens (tertiary/aromatic N) is 1. The summed E-state index contributed by atoms with van der Waals surface area (Å²) in [6.07, 6.45) is 11.0. The zero-order chi connectivity index (χ0) is 14.0. The number of hydrogen-bond acceptors (Lipinski definition) is 3. The largest absolute Gasteiger partial charge is 0.449 e. The second kappa shape index (κ2) is 4.01. The first-order valence-corrected chi connectivity index (χ1v) is 8.21. The zero-order valence-electron chi connectivity index (χ0n) is 12.1. The quantitative estimate of drug-likeness (QED) is 0.503. The van der Waals surface area contributed by atoms with Gasteiger partial charge in [-0.1, -0.05) is 24.3 Å². The minimum atomic E-state index is -0.384. The van der Waals surface area contributed by atoms with Gasteiger partial charge in [0.05, 0.1) is 6.04 Å². The normalized spacial score (nSPS) is 40.5. The van der Waals surface area contributed by atoms with Crippen molar-refractivity contribution in [3.63, 3.8) is 0 Å². The summed E-state index contributed by atoms with van der Waals surface area (Å²) in [7, 11) is 0. The van der Waals surface area contributed by atoms with Gasteiger partial charge in [-0.2, -0.15) is 0 Å². The molecular weight excluding hydrogens is 262 g/mol. The summed E-state index contributed by atoms with van der Waals surface area (Å²) in [6.45, 7) is 1.13. The Balaban J connectivity index is 1.61.